The number of alkyl carbamates (subject to hydrolysis) is 1. The molecule has 0 aliphatic carbocycles. The number of carbonyl (C=O) groups excluding carboxylic acids is 1. The molecule has 1 atom stereocenters. The summed E-state index contributed by atoms with van der Waals surface area (Å²) in [7, 11) is 0. The normalized spacial score (nSPS) is 12.1. The van der Waals surface area contributed by atoms with Gasteiger partial charge in [0.2, 0.25) is 0 Å². The molecule has 0 saturated carbocycles. The summed E-state index contributed by atoms with van der Waals surface area (Å²) in [4.78, 5) is 24.0. The number of nitrogens with one attached hydrogen (secondary N) is 2. The summed E-state index contributed by atoms with van der Waals surface area (Å²) in [5.41, 5.74) is 1.34. The van der Waals surface area contributed by atoms with E-state index in [0.717, 1.165) is 5.56 Å². The first kappa shape index (κ1) is 25.8. The molecule has 0 aromatic heterocycles. The minimum absolute atomic E-state index is 0.0412. The van der Waals surface area contributed by atoms with Crippen LogP contribution < -0.4 is 20.1 Å². The Bertz CT molecular complexity index is 952. The number of ether oxygens (including phenoxy) is 3. The predicted molar refractivity (Wildman–Crippen MR) is 127 cm³/mol. The highest BCUT2D eigenvalue weighted by atomic mass is 16.6. The van der Waals surface area contributed by atoms with Gasteiger partial charge in [-0.1, -0.05) is 18.2 Å². The van der Waals surface area contributed by atoms with Gasteiger partial charge >= 0.3 is 12.1 Å². The molecule has 33 heavy (non-hydrogen) atoms. The zero-order valence-corrected chi connectivity index (χ0v) is 20.1. The summed E-state index contributed by atoms with van der Waals surface area (Å²) < 4.78 is 16.7. The smallest absolute Gasteiger partial charge is 0.407 e. The summed E-state index contributed by atoms with van der Waals surface area (Å²) >= 11 is 0. The molecule has 0 fully saturated rings. The molecule has 0 spiro atoms. The fourth-order valence-electron chi connectivity index (χ4n) is 3.04. The SMILES string of the molecule is CCOc1cc(C(Nc2cccc(CNC(=O)OC(C)(C)C)c2)C(=O)O)ccc1OC(C)C. The van der Waals surface area contributed by atoms with Crippen LogP contribution in [0.3, 0.4) is 0 Å². The van der Waals surface area contributed by atoms with E-state index < -0.39 is 23.7 Å². The van der Waals surface area contributed by atoms with E-state index in [9.17, 15) is 14.7 Å². The van der Waals surface area contributed by atoms with Crippen molar-refractivity contribution in [1.82, 2.24) is 5.32 Å². The lowest BCUT2D eigenvalue weighted by molar-refractivity contribution is -0.138. The first-order valence-electron chi connectivity index (χ1n) is 11.0. The van der Waals surface area contributed by atoms with Gasteiger partial charge in [0.15, 0.2) is 17.5 Å². The van der Waals surface area contributed by atoms with E-state index in [4.69, 9.17) is 14.2 Å². The van der Waals surface area contributed by atoms with Crippen molar-refractivity contribution in [1.29, 1.82) is 0 Å². The van der Waals surface area contributed by atoms with Gasteiger partial charge < -0.3 is 30.0 Å². The number of carboxylic acids is 1. The zero-order valence-electron chi connectivity index (χ0n) is 20.1. The predicted octanol–water partition coefficient (Wildman–Crippen LogP) is 5.14. The molecule has 1 amide bonds. The van der Waals surface area contributed by atoms with Crippen molar-refractivity contribution in [2.45, 2.75) is 65.8 Å². The molecule has 180 valence electrons. The largest absolute Gasteiger partial charge is 0.490 e. The maximum Gasteiger partial charge on any atom is 0.407 e. The van der Waals surface area contributed by atoms with Crippen LogP contribution in [-0.4, -0.2) is 35.5 Å². The maximum atomic E-state index is 12.1. The molecule has 0 radical (unpaired) electrons. The molecular weight excluding hydrogens is 424 g/mol. The number of anilines is 1. The van der Waals surface area contributed by atoms with E-state index in [1.54, 1.807) is 57.2 Å². The van der Waals surface area contributed by atoms with E-state index in [1.807, 2.05) is 26.8 Å². The first-order valence-corrected chi connectivity index (χ1v) is 11.0. The Kier molecular flexibility index (Phi) is 8.96. The number of carboxylic acid groups (broad SMARTS) is 1. The van der Waals surface area contributed by atoms with E-state index in [-0.39, 0.29) is 12.6 Å². The molecule has 2 aromatic carbocycles. The Hall–Kier alpha value is -3.42. The molecule has 0 aliphatic rings. The number of hydrogen-bond acceptors (Lipinski definition) is 6. The molecule has 2 aromatic rings. The second kappa shape index (κ2) is 11.4. The molecule has 0 heterocycles. The average molecular weight is 459 g/mol. The van der Waals surface area contributed by atoms with Crippen molar-refractivity contribution in [3.63, 3.8) is 0 Å². The first-order chi connectivity index (χ1) is 15.5. The van der Waals surface area contributed by atoms with Crippen molar-refractivity contribution < 1.29 is 28.9 Å². The number of hydrogen-bond donors (Lipinski definition) is 3. The summed E-state index contributed by atoms with van der Waals surface area (Å²) in [5, 5.41) is 15.6. The van der Waals surface area contributed by atoms with Crippen LogP contribution in [0.5, 0.6) is 11.5 Å². The van der Waals surface area contributed by atoms with Gasteiger partial charge in [-0.15, -0.1) is 0 Å². The molecule has 0 bridgehead atoms. The van der Waals surface area contributed by atoms with Crippen LogP contribution >= 0.6 is 0 Å². The van der Waals surface area contributed by atoms with Crippen LogP contribution in [0.4, 0.5) is 10.5 Å². The molecule has 8 nitrogen and oxygen atoms in total. The summed E-state index contributed by atoms with van der Waals surface area (Å²) in [6.45, 7) is 11.7. The van der Waals surface area contributed by atoms with Gasteiger partial charge in [-0.05, 0) is 76.9 Å². The van der Waals surface area contributed by atoms with Crippen molar-refractivity contribution in [2.24, 2.45) is 0 Å². The second-order valence-electron chi connectivity index (χ2n) is 8.78. The lowest BCUT2D eigenvalue weighted by atomic mass is 10.1. The Morgan fingerprint density at radius 3 is 2.39 bits per heavy atom. The monoisotopic (exact) mass is 458 g/mol. The molecule has 1 unspecified atom stereocenters. The van der Waals surface area contributed by atoms with Gasteiger partial charge in [-0.2, -0.15) is 0 Å². The topological polar surface area (TPSA) is 106 Å². The maximum absolute atomic E-state index is 12.1. The van der Waals surface area contributed by atoms with Crippen LogP contribution in [0, 0.1) is 0 Å². The summed E-state index contributed by atoms with van der Waals surface area (Å²) in [6.07, 6.45) is -0.558. The minimum atomic E-state index is -1.03. The van der Waals surface area contributed by atoms with Gasteiger partial charge in [0.05, 0.1) is 12.7 Å². The van der Waals surface area contributed by atoms with Gasteiger partial charge in [0, 0.05) is 12.2 Å². The molecule has 2 rings (SSSR count). The lowest BCUT2D eigenvalue weighted by Gasteiger charge is -2.20. The van der Waals surface area contributed by atoms with Gasteiger partial charge in [-0.3, -0.25) is 0 Å². The number of rotatable bonds is 10. The quantitative estimate of drug-likeness (QED) is 0.453. The Balaban J connectivity index is 2.18. The highest BCUT2D eigenvalue weighted by Gasteiger charge is 2.22. The van der Waals surface area contributed by atoms with Crippen molar-refractivity contribution in [2.75, 3.05) is 11.9 Å². The van der Waals surface area contributed by atoms with Crippen molar-refractivity contribution >= 4 is 17.7 Å². The van der Waals surface area contributed by atoms with Gasteiger partial charge in [0.1, 0.15) is 5.60 Å². The molecule has 8 heteroatoms. The van der Waals surface area contributed by atoms with E-state index in [1.165, 1.54) is 0 Å². The van der Waals surface area contributed by atoms with Crippen LogP contribution in [0.2, 0.25) is 0 Å². The Labute approximate surface area is 195 Å². The number of amides is 1. The number of carbonyl (C=O) groups is 2. The third-order valence-corrected chi connectivity index (χ3v) is 4.28. The van der Waals surface area contributed by atoms with Gasteiger partial charge in [-0.25, -0.2) is 9.59 Å². The fraction of sp³-hybridized carbons (Fsp3) is 0.440. The minimum Gasteiger partial charge on any atom is -0.490 e. The number of aliphatic carboxylic acids is 1. The van der Waals surface area contributed by atoms with E-state index >= 15 is 0 Å². The van der Waals surface area contributed by atoms with Crippen LogP contribution in [0.15, 0.2) is 42.5 Å². The zero-order chi connectivity index (χ0) is 24.6. The molecule has 3 N–H and O–H groups in total. The third kappa shape index (κ3) is 8.56. The Morgan fingerprint density at radius 2 is 1.79 bits per heavy atom. The number of benzene rings is 2. The van der Waals surface area contributed by atoms with E-state index in [2.05, 4.69) is 10.6 Å². The van der Waals surface area contributed by atoms with Crippen molar-refractivity contribution in [3.05, 3.63) is 53.6 Å². The Morgan fingerprint density at radius 1 is 1.06 bits per heavy atom. The molecule has 0 saturated heterocycles. The summed E-state index contributed by atoms with van der Waals surface area (Å²) in [5.74, 6) is 0.0225. The fourth-order valence-corrected chi connectivity index (χ4v) is 3.04. The molecule has 0 aliphatic heterocycles. The molecular formula is C25H34N2O6. The van der Waals surface area contributed by atoms with E-state index in [0.29, 0.717) is 29.4 Å². The second-order valence-corrected chi connectivity index (χ2v) is 8.78. The highest BCUT2D eigenvalue weighted by Crippen LogP contribution is 2.33. The van der Waals surface area contributed by atoms with Crippen molar-refractivity contribution in [3.8, 4) is 11.5 Å². The van der Waals surface area contributed by atoms with Crippen LogP contribution in [0.25, 0.3) is 0 Å². The summed E-state index contributed by atoms with van der Waals surface area (Å²) in [6, 6.07) is 11.3. The van der Waals surface area contributed by atoms with Gasteiger partial charge in [0.25, 0.3) is 0 Å². The van der Waals surface area contributed by atoms with Crippen LogP contribution in [0.1, 0.15) is 58.7 Å². The lowest BCUT2D eigenvalue weighted by Crippen LogP contribution is -2.32. The average Bonchev–Trinajstić information content (AvgIpc) is 2.70. The third-order valence-electron chi connectivity index (χ3n) is 4.28. The highest BCUT2D eigenvalue weighted by molar-refractivity contribution is 5.79. The standard InChI is InChI=1S/C25H34N2O6/c1-7-31-21-14-18(11-12-20(21)32-16(2)3)22(23(28)29)27-19-10-8-9-17(13-19)15-26-24(30)33-25(4,5)6/h8-14,16,22,27H,7,15H2,1-6H3,(H,26,30)(H,28,29). The van der Waals surface area contributed by atoms with Crippen LogP contribution in [-0.2, 0) is 16.1 Å².